The summed E-state index contributed by atoms with van der Waals surface area (Å²) in [6.45, 7) is 0.720. The van der Waals surface area contributed by atoms with Gasteiger partial charge in [-0.3, -0.25) is 9.59 Å². The molecule has 1 aliphatic heterocycles. The zero-order valence-electron chi connectivity index (χ0n) is 13.0. The van der Waals surface area contributed by atoms with Crippen LogP contribution in [0.1, 0.15) is 36.0 Å². The van der Waals surface area contributed by atoms with E-state index in [1.54, 1.807) is 18.2 Å². The van der Waals surface area contributed by atoms with Gasteiger partial charge >= 0.3 is 0 Å². The number of nitriles is 1. The maximum Gasteiger partial charge on any atom is 0.189 e. The van der Waals surface area contributed by atoms with Crippen LogP contribution in [-0.4, -0.2) is 29.3 Å². The molecule has 0 aliphatic carbocycles. The second kappa shape index (κ2) is 7.16. The number of aromatic nitrogens is 1. The van der Waals surface area contributed by atoms with Gasteiger partial charge in [0.1, 0.15) is 0 Å². The fourth-order valence-corrected chi connectivity index (χ4v) is 3.23. The summed E-state index contributed by atoms with van der Waals surface area (Å²) >= 11 is 5.93. The minimum atomic E-state index is -1.28. The van der Waals surface area contributed by atoms with E-state index in [1.165, 1.54) is 6.20 Å². The van der Waals surface area contributed by atoms with Gasteiger partial charge < -0.3 is 9.72 Å². The van der Waals surface area contributed by atoms with Crippen molar-refractivity contribution in [3.05, 3.63) is 35.0 Å². The Morgan fingerprint density at radius 1 is 1.46 bits per heavy atom. The highest BCUT2D eigenvalue weighted by molar-refractivity contribution is 6.31. The number of H-pyrrole nitrogens is 1. The summed E-state index contributed by atoms with van der Waals surface area (Å²) in [7, 11) is 0. The third-order valence-electron chi connectivity index (χ3n) is 4.36. The molecule has 1 aromatic carbocycles. The molecule has 1 aromatic heterocycles. The van der Waals surface area contributed by atoms with Crippen molar-refractivity contribution in [2.45, 2.75) is 31.8 Å². The number of ether oxygens (including phenoxy) is 1. The van der Waals surface area contributed by atoms with E-state index in [0.717, 1.165) is 19.4 Å². The third kappa shape index (κ3) is 3.35. The number of ketones is 2. The van der Waals surface area contributed by atoms with Crippen molar-refractivity contribution in [2.24, 2.45) is 5.92 Å². The first-order chi connectivity index (χ1) is 11.6. The zero-order chi connectivity index (χ0) is 17.1. The Morgan fingerprint density at radius 2 is 2.29 bits per heavy atom. The number of nitrogens with one attached hydrogen (secondary N) is 1. The van der Waals surface area contributed by atoms with Crippen molar-refractivity contribution in [3.8, 4) is 6.07 Å². The van der Waals surface area contributed by atoms with Crippen LogP contribution in [0.15, 0.2) is 24.4 Å². The van der Waals surface area contributed by atoms with Gasteiger partial charge in [-0.1, -0.05) is 17.7 Å². The molecule has 0 amide bonds. The molecule has 2 aromatic rings. The minimum absolute atomic E-state index is 0.0682. The van der Waals surface area contributed by atoms with Crippen LogP contribution in [0.2, 0.25) is 5.02 Å². The molecular formula is C18H17ClN2O3. The van der Waals surface area contributed by atoms with Gasteiger partial charge in [0, 0.05) is 40.7 Å². The maximum atomic E-state index is 12.6. The van der Waals surface area contributed by atoms with Crippen molar-refractivity contribution < 1.29 is 14.3 Å². The Hall–Kier alpha value is -2.16. The molecule has 0 saturated carbocycles. The molecule has 2 unspecified atom stereocenters. The SMILES string of the molecule is N#CC(C(=O)CCC1CCCO1)C(=O)c1c[nH]c2cc(Cl)ccc12. The summed E-state index contributed by atoms with van der Waals surface area (Å²) in [6.07, 6.45) is 4.27. The summed E-state index contributed by atoms with van der Waals surface area (Å²) in [5.41, 5.74) is 1.05. The lowest BCUT2D eigenvalue weighted by molar-refractivity contribution is -0.120. The normalized spacial score (nSPS) is 18.4. The number of carbonyl (C=O) groups is 2. The number of carbonyl (C=O) groups excluding carboxylic acids is 2. The van der Waals surface area contributed by atoms with Gasteiger partial charge in [0.05, 0.1) is 12.2 Å². The van der Waals surface area contributed by atoms with Crippen molar-refractivity contribution in [1.29, 1.82) is 5.26 Å². The van der Waals surface area contributed by atoms with Gasteiger partial charge in [-0.05, 0) is 31.4 Å². The lowest BCUT2D eigenvalue weighted by Gasteiger charge is -2.10. The number of aromatic amines is 1. The van der Waals surface area contributed by atoms with Crippen molar-refractivity contribution >= 4 is 34.1 Å². The molecule has 5 nitrogen and oxygen atoms in total. The van der Waals surface area contributed by atoms with Crippen LogP contribution >= 0.6 is 11.6 Å². The Bertz CT molecular complexity index is 815. The van der Waals surface area contributed by atoms with Crippen molar-refractivity contribution in [3.63, 3.8) is 0 Å². The quantitative estimate of drug-likeness (QED) is 0.640. The van der Waals surface area contributed by atoms with Crippen LogP contribution < -0.4 is 0 Å². The molecule has 0 bridgehead atoms. The lowest BCUT2D eigenvalue weighted by Crippen LogP contribution is -2.23. The molecule has 1 N–H and O–H groups in total. The molecule has 1 aliphatic rings. The van der Waals surface area contributed by atoms with Gasteiger partial charge in [-0.2, -0.15) is 5.26 Å². The van der Waals surface area contributed by atoms with E-state index in [4.69, 9.17) is 16.3 Å². The van der Waals surface area contributed by atoms with Crippen LogP contribution in [0.5, 0.6) is 0 Å². The monoisotopic (exact) mass is 344 g/mol. The first-order valence-corrected chi connectivity index (χ1v) is 8.32. The molecule has 0 radical (unpaired) electrons. The summed E-state index contributed by atoms with van der Waals surface area (Å²) < 4.78 is 5.48. The number of nitrogens with zero attached hydrogens (tertiary/aromatic N) is 1. The topological polar surface area (TPSA) is 82.9 Å². The fourth-order valence-electron chi connectivity index (χ4n) is 3.05. The molecule has 3 rings (SSSR count). The van der Waals surface area contributed by atoms with Crippen molar-refractivity contribution in [1.82, 2.24) is 4.98 Å². The van der Waals surface area contributed by atoms with E-state index in [0.29, 0.717) is 27.9 Å². The average molecular weight is 345 g/mol. The van der Waals surface area contributed by atoms with Crippen LogP contribution in [0.4, 0.5) is 0 Å². The molecule has 24 heavy (non-hydrogen) atoms. The minimum Gasteiger partial charge on any atom is -0.378 e. The van der Waals surface area contributed by atoms with E-state index >= 15 is 0 Å². The van der Waals surface area contributed by atoms with Crippen LogP contribution in [0, 0.1) is 17.2 Å². The van der Waals surface area contributed by atoms with Gasteiger partial charge in [0.15, 0.2) is 17.5 Å². The number of Topliss-reactive ketones (excluding diaryl/α,β-unsaturated/α-hetero) is 2. The zero-order valence-corrected chi connectivity index (χ0v) is 13.8. The molecule has 2 atom stereocenters. The van der Waals surface area contributed by atoms with Crippen molar-refractivity contribution in [2.75, 3.05) is 6.61 Å². The second-order valence-corrected chi connectivity index (χ2v) is 6.40. The van der Waals surface area contributed by atoms with E-state index in [9.17, 15) is 14.9 Å². The molecule has 6 heteroatoms. The summed E-state index contributed by atoms with van der Waals surface area (Å²) in [5.74, 6) is -2.09. The highest BCUT2D eigenvalue weighted by Gasteiger charge is 2.29. The number of hydrogen-bond acceptors (Lipinski definition) is 4. The highest BCUT2D eigenvalue weighted by Crippen LogP contribution is 2.25. The number of benzene rings is 1. The number of halogens is 1. The molecule has 0 spiro atoms. The third-order valence-corrected chi connectivity index (χ3v) is 4.59. The fraction of sp³-hybridized carbons (Fsp3) is 0.389. The number of fused-ring (bicyclic) bond motifs is 1. The first-order valence-electron chi connectivity index (χ1n) is 7.95. The molecule has 124 valence electrons. The predicted molar refractivity (Wildman–Crippen MR) is 90.0 cm³/mol. The van der Waals surface area contributed by atoms with E-state index in [1.807, 2.05) is 6.07 Å². The molecule has 1 saturated heterocycles. The lowest BCUT2D eigenvalue weighted by atomic mass is 9.91. The Balaban J connectivity index is 1.75. The Morgan fingerprint density at radius 3 is 3.00 bits per heavy atom. The van der Waals surface area contributed by atoms with E-state index < -0.39 is 11.7 Å². The van der Waals surface area contributed by atoms with Gasteiger partial charge in [0.2, 0.25) is 0 Å². The van der Waals surface area contributed by atoms with Gasteiger partial charge in [0.25, 0.3) is 0 Å². The van der Waals surface area contributed by atoms with Crippen LogP contribution in [0.25, 0.3) is 10.9 Å². The average Bonchev–Trinajstić information content (AvgIpc) is 3.22. The van der Waals surface area contributed by atoms with E-state index in [2.05, 4.69) is 4.98 Å². The smallest absolute Gasteiger partial charge is 0.189 e. The molecular weight excluding hydrogens is 328 g/mol. The standard InChI is InChI=1S/C18H17ClN2O3/c19-11-3-5-13-15(10-21-16(13)8-11)18(23)14(9-20)17(22)6-4-12-2-1-7-24-12/h3,5,8,10,12,14,21H,1-2,4,6-7H2. The highest BCUT2D eigenvalue weighted by atomic mass is 35.5. The van der Waals surface area contributed by atoms with Gasteiger partial charge in [-0.15, -0.1) is 0 Å². The van der Waals surface area contributed by atoms with Gasteiger partial charge in [-0.25, -0.2) is 0 Å². The maximum absolute atomic E-state index is 12.6. The Kier molecular flexibility index (Phi) is 4.98. The summed E-state index contributed by atoms with van der Waals surface area (Å²) in [4.78, 5) is 27.9. The number of hydrogen-bond donors (Lipinski definition) is 1. The molecule has 2 heterocycles. The predicted octanol–water partition coefficient (Wildman–Crippen LogP) is 3.67. The Labute approximate surface area is 144 Å². The van der Waals surface area contributed by atoms with E-state index in [-0.39, 0.29) is 18.3 Å². The summed E-state index contributed by atoms with van der Waals surface area (Å²) in [6, 6.07) is 6.95. The second-order valence-electron chi connectivity index (χ2n) is 5.96. The first kappa shape index (κ1) is 16.7. The molecule has 1 fully saturated rings. The number of rotatable bonds is 6. The van der Waals surface area contributed by atoms with Crippen LogP contribution in [-0.2, 0) is 9.53 Å². The largest absolute Gasteiger partial charge is 0.378 e. The van der Waals surface area contributed by atoms with Crippen LogP contribution in [0.3, 0.4) is 0 Å². The summed E-state index contributed by atoms with van der Waals surface area (Å²) in [5, 5.41) is 10.5.